The van der Waals surface area contributed by atoms with E-state index in [0.29, 0.717) is 5.56 Å². The lowest BCUT2D eigenvalue weighted by atomic mass is 10.2. The van der Waals surface area contributed by atoms with Gasteiger partial charge < -0.3 is 14.2 Å². The van der Waals surface area contributed by atoms with Gasteiger partial charge in [0, 0.05) is 5.57 Å². The second-order valence-corrected chi connectivity index (χ2v) is 3.45. The van der Waals surface area contributed by atoms with Crippen molar-refractivity contribution in [2.45, 2.75) is 6.92 Å². The zero-order valence-electron chi connectivity index (χ0n) is 10.0. The van der Waals surface area contributed by atoms with Crippen molar-refractivity contribution in [2.75, 3.05) is 13.6 Å². The lowest BCUT2D eigenvalue weighted by Crippen LogP contribution is -2.13. The molecule has 1 rings (SSSR count). The van der Waals surface area contributed by atoms with Gasteiger partial charge in [-0.05, 0) is 19.1 Å². The van der Waals surface area contributed by atoms with Gasteiger partial charge in [-0.3, -0.25) is 0 Å². The van der Waals surface area contributed by atoms with Crippen LogP contribution in [-0.2, 0) is 19.0 Å². The minimum atomic E-state index is -0.551. The third-order valence-corrected chi connectivity index (χ3v) is 1.90. The fourth-order valence-corrected chi connectivity index (χ4v) is 1.01. The summed E-state index contributed by atoms with van der Waals surface area (Å²) in [6, 6.07) is 8.51. The molecule has 0 bridgehead atoms. The van der Waals surface area contributed by atoms with Crippen molar-refractivity contribution in [2.24, 2.45) is 0 Å². The maximum absolute atomic E-state index is 11.4. The highest BCUT2D eigenvalue weighted by atomic mass is 16.8. The van der Waals surface area contributed by atoms with Crippen molar-refractivity contribution in [1.82, 2.24) is 0 Å². The van der Waals surface area contributed by atoms with Crippen LogP contribution in [0.3, 0.4) is 0 Å². The van der Waals surface area contributed by atoms with Gasteiger partial charge in [-0.25, -0.2) is 9.59 Å². The van der Waals surface area contributed by atoms with Gasteiger partial charge in [0.15, 0.2) is 13.6 Å². The van der Waals surface area contributed by atoms with Gasteiger partial charge >= 0.3 is 11.9 Å². The van der Waals surface area contributed by atoms with Crippen LogP contribution in [-0.4, -0.2) is 25.5 Å². The molecule has 0 unspecified atom stereocenters. The molecule has 5 heteroatoms. The number of hydrogen-bond acceptors (Lipinski definition) is 5. The lowest BCUT2D eigenvalue weighted by Gasteiger charge is -2.06. The predicted molar refractivity (Wildman–Crippen MR) is 63.6 cm³/mol. The smallest absolute Gasteiger partial charge is 0.340 e. The van der Waals surface area contributed by atoms with Crippen molar-refractivity contribution in [3.63, 3.8) is 0 Å². The van der Waals surface area contributed by atoms with E-state index in [1.54, 1.807) is 30.3 Å². The number of hydrogen-bond donors (Lipinski definition) is 0. The van der Waals surface area contributed by atoms with Crippen LogP contribution in [0.2, 0.25) is 0 Å². The van der Waals surface area contributed by atoms with E-state index >= 15 is 0 Å². The first-order valence-electron chi connectivity index (χ1n) is 5.24. The fraction of sp³-hybridized carbons (Fsp3) is 0.231. The molecular formula is C13H14O5. The summed E-state index contributed by atoms with van der Waals surface area (Å²) in [5.74, 6) is -1.05. The molecule has 1 aromatic carbocycles. The van der Waals surface area contributed by atoms with Crippen molar-refractivity contribution in [1.29, 1.82) is 0 Å². The summed E-state index contributed by atoms with van der Waals surface area (Å²) in [6.45, 7) is 4.37. The van der Waals surface area contributed by atoms with Crippen LogP contribution in [0.25, 0.3) is 0 Å². The molecular weight excluding hydrogens is 236 g/mol. The van der Waals surface area contributed by atoms with E-state index in [1.165, 1.54) is 6.92 Å². The molecule has 0 aliphatic carbocycles. The van der Waals surface area contributed by atoms with E-state index in [1.807, 2.05) is 0 Å². The molecule has 0 N–H and O–H groups in total. The molecule has 0 aliphatic rings. The van der Waals surface area contributed by atoms with Gasteiger partial charge in [0.1, 0.15) is 0 Å². The number of esters is 2. The Bertz CT molecular complexity index is 424. The molecule has 0 aromatic heterocycles. The molecule has 18 heavy (non-hydrogen) atoms. The lowest BCUT2D eigenvalue weighted by molar-refractivity contribution is -0.159. The van der Waals surface area contributed by atoms with Crippen molar-refractivity contribution >= 4 is 11.9 Å². The zero-order valence-corrected chi connectivity index (χ0v) is 10.0. The van der Waals surface area contributed by atoms with Crippen LogP contribution in [0.15, 0.2) is 42.5 Å². The van der Waals surface area contributed by atoms with Crippen LogP contribution >= 0.6 is 0 Å². The minimum Gasteiger partial charge on any atom is -0.435 e. The molecule has 0 heterocycles. The number of carbonyl (C=O) groups is 2. The Hall–Kier alpha value is -2.14. The third kappa shape index (κ3) is 4.80. The zero-order chi connectivity index (χ0) is 13.4. The molecule has 0 spiro atoms. The first kappa shape index (κ1) is 13.9. The Morgan fingerprint density at radius 1 is 1.11 bits per heavy atom. The highest BCUT2D eigenvalue weighted by Crippen LogP contribution is 2.01. The molecule has 0 saturated heterocycles. The maximum atomic E-state index is 11.4. The number of rotatable bonds is 6. The van der Waals surface area contributed by atoms with Crippen molar-refractivity contribution < 1.29 is 23.8 Å². The normalized spacial score (nSPS) is 9.61. The molecule has 0 aliphatic heterocycles. The van der Waals surface area contributed by atoms with E-state index in [4.69, 9.17) is 9.47 Å². The molecule has 96 valence electrons. The summed E-state index contributed by atoms with van der Waals surface area (Å²) in [7, 11) is 0. The second-order valence-electron chi connectivity index (χ2n) is 3.45. The Kier molecular flexibility index (Phi) is 5.60. The summed E-state index contributed by atoms with van der Waals surface area (Å²) in [4.78, 5) is 22.4. The Balaban J connectivity index is 2.17. The van der Waals surface area contributed by atoms with Crippen molar-refractivity contribution in [3.8, 4) is 0 Å². The topological polar surface area (TPSA) is 61.8 Å². The summed E-state index contributed by atoms with van der Waals surface area (Å²) in [6.07, 6.45) is 0. The largest absolute Gasteiger partial charge is 0.435 e. The van der Waals surface area contributed by atoms with Crippen LogP contribution in [0.4, 0.5) is 0 Å². The second kappa shape index (κ2) is 7.24. The van der Waals surface area contributed by atoms with Gasteiger partial charge in [0.2, 0.25) is 0 Å². The summed E-state index contributed by atoms with van der Waals surface area (Å²) < 4.78 is 14.3. The summed E-state index contributed by atoms with van der Waals surface area (Å²) >= 11 is 0. The molecule has 0 radical (unpaired) electrons. The van der Waals surface area contributed by atoms with Crippen molar-refractivity contribution in [3.05, 3.63) is 48.0 Å². The Morgan fingerprint density at radius 2 is 1.72 bits per heavy atom. The SMILES string of the molecule is C=C(C)C(=O)OCOCOC(=O)c1ccccc1. The van der Waals surface area contributed by atoms with Gasteiger partial charge in [-0.1, -0.05) is 24.8 Å². The van der Waals surface area contributed by atoms with E-state index in [2.05, 4.69) is 11.3 Å². The van der Waals surface area contributed by atoms with Gasteiger partial charge in [-0.15, -0.1) is 0 Å². The standard InChI is InChI=1S/C13H14O5/c1-10(2)12(14)17-8-16-9-18-13(15)11-6-4-3-5-7-11/h3-7H,1,8-9H2,2H3. The molecule has 0 atom stereocenters. The quantitative estimate of drug-likeness (QED) is 0.334. The first-order valence-corrected chi connectivity index (χ1v) is 5.24. The average molecular weight is 250 g/mol. The Labute approximate surface area is 105 Å². The molecule has 5 nitrogen and oxygen atoms in total. The highest BCUT2D eigenvalue weighted by molar-refractivity contribution is 5.89. The number of ether oxygens (including phenoxy) is 3. The van der Waals surface area contributed by atoms with Gasteiger partial charge in [0.05, 0.1) is 5.56 Å². The van der Waals surface area contributed by atoms with Crippen LogP contribution < -0.4 is 0 Å². The van der Waals surface area contributed by atoms with Crippen LogP contribution in [0.1, 0.15) is 17.3 Å². The van der Waals surface area contributed by atoms with Gasteiger partial charge in [0.25, 0.3) is 0 Å². The fourth-order valence-electron chi connectivity index (χ4n) is 1.01. The Morgan fingerprint density at radius 3 is 2.33 bits per heavy atom. The molecule has 1 aromatic rings. The highest BCUT2D eigenvalue weighted by Gasteiger charge is 2.06. The van der Waals surface area contributed by atoms with E-state index < -0.39 is 11.9 Å². The van der Waals surface area contributed by atoms with E-state index in [9.17, 15) is 9.59 Å². The van der Waals surface area contributed by atoms with Crippen LogP contribution in [0.5, 0.6) is 0 Å². The molecule has 0 fully saturated rings. The number of carbonyl (C=O) groups excluding carboxylic acids is 2. The van der Waals surface area contributed by atoms with Crippen LogP contribution in [0, 0.1) is 0 Å². The monoisotopic (exact) mass is 250 g/mol. The van der Waals surface area contributed by atoms with Gasteiger partial charge in [-0.2, -0.15) is 0 Å². The predicted octanol–water partition coefficient (Wildman–Crippen LogP) is 1.89. The molecule has 0 saturated carbocycles. The third-order valence-electron chi connectivity index (χ3n) is 1.90. The average Bonchev–Trinajstić information content (AvgIpc) is 2.38. The minimum absolute atomic E-state index is 0.278. The summed E-state index contributed by atoms with van der Waals surface area (Å²) in [5, 5.41) is 0. The maximum Gasteiger partial charge on any atom is 0.340 e. The van der Waals surface area contributed by atoms with E-state index in [0.717, 1.165) is 0 Å². The van der Waals surface area contributed by atoms with E-state index in [-0.39, 0.29) is 19.2 Å². The first-order chi connectivity index (χ1) is 8.61. The number of benzene rings is 1. The molecule has 0 amide bonds. The summed E-state index contributed by atoms with van der Waals surface area (Å²) in [5.41, 5.74) is 0.708.